The van der Waals surface area contributed by atoms with E-state index in [1.165, 1.54) is 0 Å². The topological polar surface area (TPSA) is 49.8 Å². The lowest BCUT2D eigenvalue weighted by Gasteiger charge is -2.35. The predicted octanol–water partition coefficient (Wildman–Crippen LogP) is 1.61. The van der Waals surface area contributed by atoms with Crippen LogP contribution in [0.2, 0.25) is 0 Å². The number of carbonyl (C=O) groups excluding carboxylic acids is 1. The summed E-state index contributed by atoms with van der Waals surface area (Å²) in [6.45, 7) is 2.80. The average Bonchev–Trinajstić information content (AvgIpc) is 2.29. The molecule has 17 heavy (non-hydrogen) atoms. The number of hydroxylamine groups is 2. The molecule has 0 unspecified atom stereocenters. The lowest BCUT2D eigenvalue weighted by molar-refractivity contribution is -0.165. The number of rotatable bonds is 2. The van der Waals surface area contributed by atoms with Crippen LogP contribution < -0.4 is 0 Å². The Morgan fingerprint density at radius 2 is 2.12 bits per heavy atom. The van der Waals surface area contributed by atoms with Crippen molar-refractivity contribution in [3.8, 4) is 0 Å². The number of hydrogen-bond acceptors (Lipinski definition) is 4. The number of aliphatic hydroxyl groups is 1. The van der Waals surface area contributed by atoms with Crippen molar-refractivity contribution >= 4 is 5.97 Å². The van der Waals surface area contributed by atoms with Crippen LogP contribution in [0.15, 0.2) is 30.3 Å². The number of β-amino-alcohol motifs (C(OH)–C–C–N with tert-alkyl or cyclic N) is 1. The molecular weight excluding hydrogens is 218 g/mol. The monoisotopic (exact) mass is 235 g/mol. The molecule has 1 aromatic carbocycles. The minimum atomic E-state index is -0.769. The van der Waals surface area contributed by atoms with Gasteiger partial charge in [-0.25, -0.2) is 4.79 Å². The van der Waals surface area contributed by atoms with E-state index < -0.39 is 5.60 Å². The molecule has 4 nitrogen and oxygen atoms in total. The van der Waals surface area contributed by atoms with Crippen molar-refractivity contribution in [1.29, 1.82) is 0 Å². The van der Waals surface area contributed by atoms with E-state index in [4.69, 9.17) is 4.84 Å². The third-order valence-electron chi connectivity index (χ3n) is 2.86. The van der Waals surface area contributed by atoms with Crippen molar-refractivity contribution in [3.63, 3.8) is 0 Å². The zero-order valence-corrected chi connectivity index (χ0v) is 9.93. The maximum Gasteiger partial charge on any atom is 0.357 e. The molecule has 1 N–H and O–H groups in total. The maximum atomic E-state index is 11.8. The smallest absolute Gasteiger partial charge is 0.357 e. The molecule has 1 heterocycles. The summed E-state index contributed by atoms with van der Waals surface area (Å²) < 4.78 is 0. The molecule has 1 aliphatic rings. The fraction of sp³-hybridized carbons (Fsp3) is 0.462. The normalized spacial score (nSPS) is 25.5. The second-order valence-electron chi connectivity index (χ2n) is 4.71. The first-order valence-electron chi connectivity index (χ1n) is 5.81. The van der Waals surface area contributed by atoms with Gasteiger partial charge in [0.2, 0.25) is 0 Å². The molecule has 2 rings (SSSR count). The van der Waals surface area contributed by atoms with Gasteiger partial charge in [-0.1, -0.05) is 18.2 Å². The van der Waals surface area contributed by atoms with Crippen LogP contribution in [0.25, 0.3) is 0 Å². The highest BCUT2D eigenvalue weighted by molar-refractivity contribution is 5.89. The van der Waals surface area contributed by atoms with Crippen LogP contribution in [-0.4, -0.2) is 34.8 Å². The van der Waals surface area contributed by atoms with Gasteiger partial charge in [0.25, 0.3) is 0 Å². The second-order valence-corrected chi connectivity index (χ2v) is 4.71. The number of hydrogen-bond donors (Lipinski definition) is 1. The molecule has 0 bridgehead atoms. The Hall–Kier alpha value is -1.39. The summed E-state index contributed by atoms with van der Waals surface area (Å²) in [7, 11) is 0. The highest BCUT2D eigenvalue weighted by atomic mass is 16.7. The van der Waals surface area contributed by atoms with Crippen molar-refractivity contribution in [3.05, 3.63) is 35.9 Å². The van der Waals surface area contributed by atoms with Crippen LogP contribution in [-0.2, 0) is 4.84 Å². The molecule has 92 valence electrons. The standard InChI is InChI=1S/C13H17NO3/c1-13(16)8-5-9-14(10-13)17-12(15)11-6-3-2-4-7-11/h2-4,6-7,16H,5,8-10H2,1H3/t13-/m1/s1. The minimum Gasteiger partial charge on any atom is -0.389 e. The molecule has 1 fully saturated rings. The fourth-order valence-corrected chi connectivity index (χ4v) is 2.00. The highest BCUT2D eigenvalue weighted by Crippen LogP contribution is 2.20. The van der Waals surface area contributed by atoms with E-state index in [2.05, 4.69) is 0 Å². The van der Waals surface area contributed by atoms with Crippen molar-refractivity contribution in [1.82, 2.24) is 5.06 Å². The van der Waals surface area contributed by atoms with Gasteiger partial charge in [-0.05, 0) is 31.9 Å². The molecule has 0 amide bonds. The van der Waals surface area contributed by atoms with Gasteiger partial charge < -0.3 is 9.94 Å². The first kappa shape index (κ1) is 12.1. The Kier molecular flexibility index (Phi) is 3.45. The van der Waals surface area contributed by atoms with E-state index in [1.807, 2.05) is 6.07 Å². The van der Waals surface area contributed by atoms with E-state index in [0.717, 1.165) is 12.8 Å². The molecule has 1 aromatic rings. The molecule has 0 radical (unpaired) electrons. The van der Waals surface area contributed by atoms with Gasteiger partial charge in [0.15, 0.2) is 0 Å². The molecule has 1 atom stereocenters. The predicted molar refractivity (Wildman–Crippen MR) is 63.3 cm³/mol. The van der Waals surface area contributed by atoms with Gasteiger partial charge in [0.1, 0.15) is 0 Å². The molecule has 0 aromatic heterocycles. The van der Waals surface area contributed by atoms with E-state index in [0.29, 0.717) is 18.7 Å². The van der Waals surface area contributed by atoms with Crippen molar-refractivity contribution in [2.45, 2.75) is 25.4 Å². The summed E-state index contributed by atoms with van der Waals surface area (Å²) in [4.78, 5) is 17.0. The lowest BCUT2D eigenvalue weighted by atomic mass is 9.97. The van der Waals surface area contributed by atoms with Crippen LogP contribution in [0, 0.1) is 0 Å². The number of piperidine rings is 1. The van der Waals surface area contributed by atoms with Gasteiger partial charge in [-0.15, -0.1) is 5.06 Å². The highest BCUT2D eigenvalue weighted by Gasteiger charge is 2.30. The maximum absolute atomic E-state index is 11.8. The van der Waals surface area contributed by atoms with E-state index in [9.17, 15) is 9.90 Å². The van der Waals surface area contributed by atoms with Gasteiger partial charge in [-0.3, -0.25) is 0 Å². The summed E-state index contributed by atoms with van der Waals surface area (Å²) >= 11 is 0. The molecule has 4 heteroatoms. The van der Waals surface area contributed by atoms with Crippen molar-refractivity contribution < 1.29 is 14.7 Å². The van der Waals surface area contributed by atoms with E-state index >= 15 is 0 Å². The Morgan fingerprint density at radius 1 is 1.41 bits per heavy atom. The van der Waals surface area contributed by atoms with Crippen molar-refractivity contribution in [2.24, 2.45) is 0 Å². The summed E-state index contributed by atoms with van der Waals surface area (Å²) in [6.07, 6.45) is 1.57. The van der Waals surface area contributed by atoms with Crippen LogP contribution in [0.3, 0.4) is 0 Å². The molecular formula is C13H17NO3. The van der Waals surface area contributed by atoms with E-state index in [1.54, 1.807) is 36.3 Å². The third-order valence-corrected chi connectivity index (χ3v) is 2.86. The SMILES string of the molecule is C[C@@]1(O)CCCN(OC(=O)c2ccccc2)C1. The Morgan fingerprint density at radius 3 is 2.76 bits per heavy atom. The Bertz CT molecular complexity index is 389. The third kappa shape index (κ3) is 3.28. The largest absolute Gasteiger partial charge is 0.389 e. The zero-order valence-electron chi connectivity index (χ0n) is 9.93. The van der Waals surface area contributed by atoms with Gasteiger partial charge in [-0.2, -0.15) is 0 Å². The van der Waals surface area contributed by atoms with Crippen LogP contribution in [0.1, 0.15) is 30.1 Å². The van der Waals surface area contributed by atoms with Gasteiger partial charge in [0, 0.05) is 6.54 Å². The summed E-state index contributed by atoms with van der Waals surface area (Å²) in [5.41, 5.74) is -0.243. The first-order chi connectivity index (χ1) is 8.07. The second kappa shape index (κ2) is 4.85. The quantitative estimate of drug-likeness (QED) is 0.846. The Balaban J connectivity index is 1.95. The molecule has 0 saturated carbocycles. The molecule has 0 aliphatic carbocycles. The van der Waals surface area contributed by atoms with E-state index in [-0.39, 0.29) is 5.97 Å². The van der Waals surface area contributed by atoms with Crippen LogP contribution >= 0.6 is 0 Å². The molecule has 1 aliphatic heterocycles. The van der Waals surface area contributed by atoms with Crippen LogP contribution in [0.5, 0.6) is 0 Å². The fourth-order valence-electron chi connectivity index (χ4n) is 2.00. The number of nitrogens with zero attached hydrogens (tertiary/aromatic N) is 1. The first-order valence-corrected chi connectivity index (χ1v) is 5.81. The van der Waals surface area contributed by atoms with Gasteiger partial charge in [0.05, 0.1) is 17.7 Å². The van der Waals surface area contributed by atoms with Gasteiger partial charge >= 0.3 is 5.97 Å². The summed E-state index contributed by atoms with van der Waals surface area (Å²) in [5.74, 6) is -0.372. The molecule has 0 spiro atoms. The molecule has 1 saturated heterocycles. The average molecular weight is 235 g/mol. The lowest BCUT2D eigenvalue weighted by Crippen LogP contribution is -2.46. The number of carbonyl (C=O) groups is 1. The minimum absolute atomic E-state index is 0.367. The summed E-state index contributed by atoms with van der Waals surface area (Å²) in [5, 5.41) is 11.4. The van der Waals surface area contributed by atoms with Crippen LogP contribution in [0.4, 0.5) is 0 Å². The Labute approximate surface area is 101 Å². The number of benzene rings is 1. The van der Waals surface area contributed by atoms with Crippen molar-refractivity contribution in [2.75, 3.05) is 13.1 Å². The zero-order chi connectivity index (χ0) is 12.3. The summed E-state index contributed by atoms with van der Waals surface area (Å²) in [6, 6.07) is 8.86.